The Kier molecular flexibility index (Phi) is 5.44. The summed E-state index contributed by atoms with van der Waals surface area (Å²) < 4.78 is 5.69. The largest absolute Gasteiger partial charge is 0.393 e. The highest BCUT2D eigenvalue weighted by atomic mass is 16.6. The van der Waals surface area contributed by atoms with Gasteiger partial charge in [0.1, 0.15) is 18.0 Å². The average Bonchev–Trinajstić information content (AvgIpc) is 3.23. The van der Waals surface area contributed by atoms with E-state index in [9.17, 15) is 15.0 Å². The number of ether oxygens (including phenoxy) is 1. The van der Waals surface area contributed by atoms with Crippen LogP contribution in [0.5, 0.6) is 0 Å². The standard InChI is InChI=1S/C30H48O4/c1-17(15-21(32)25-27(4,5)34-25)18-9-13-29(7)19(18)16-20(31)24-28(6)12-11-23(33)26(2,3)22(28)10-14-30(24,29)8/h15,18-22,24-25,31-32H,9-14,16H2,1-8H3/b17-15+/t18-,19?,20?,21+,22?,24?,25?,28+,29-,30-/m1/s1. The topological polar surface area (TPSA) is 70.1 Å². The van der Waals surface area contributed by atoms with Crippen LogP contribution in [-0.4, -0.2) is 39.9 Å². The van der Waals surface area contributed by atoms with E-state index < -0.39 is 6.10 Å². The number of rotatable bonds is 3. The van der Waals surface area contributed by atoms with Crippen LogP contribution in [0, 0.1) is 45.3 Å². The molecular formula is C30H48O4. The SMILES string of the molecule is C/C(=C\[C@H](O)C1OC1(C)C)[C@H]1CC[C@]2(C)C1CC(O)C1[C@@]3(C)CCC(=O)C(C)(C)C3CC[C@]12C. The number of allylic oxidation sites excluding steroid dienone is 1. The van der Waals surface area contributed by atoms with Crippen molar-refractivity contribution in [1.82, 2.24) is 0 Å². The second-order valence-corrected chi connectivity index (χ2v) is 14.7. The van der Waals surface area contributed by atoms with E-state index in [0.717, 1.165) is 32.1 Å². The molecular weight excluding hydrogens is 424 g/mol. The molecule has 5 fully saturated rings. The van der Waals surface area contributed by atoms with Gasteiger partial charge in [-0.05, 0) is 99.2 Å². The molecule has 0 spiro atoms. The second-order valence-electron chi connectivity index (χ2n) is 14.7. The summed E-state index contributed by atoms with van der Waals surface area (Å²) in [5.41, 5.74) is 0.976. The third kappa shape index (κ3) is 3.16. The van der Waals surface area contributed by atoms with Crippen LogP contribution in [0.4, 0.5) is 0 Å². The quantitative estimate of drug-likeness (QED) is 0.409. The summed E-state index contributed by atoms with van der Waals surface area (Å²) in [4.78, 5) is 12.9. The summed E-state index contributed by atoms with van der Waals surface area (Å²) in [5.74, 6) is 1.84. The van der Waals surface area contributed by atoms with E-state index in [1.165, 1.54) is 12.0 Å². The molecule has 5 aliphatic rings. The third-order valence-electron chi connectivity index (χ3n) is 12.5. The molecule has 0 aromatic rings. The number of epoxide rings is 1. The molecule has 0 bridgehead atoms. The molecule has 1 aliphatic heterocycles. The number of hydrogen-bond acceptors (Lipinski definition) is 4. The Morgan fingerprint density at radius 3 is 2.26 bits per heavy atom. The Morgan fingerprint density at radius 1 is 1.03 bits per heavy atom. The highest BCUT2D eigenvalue weighted by molar-refractivity contribution is 5.85. The maximum Gasteiger partial charge on any atom is 0.138 e. The van der Waals surface area contributed by atoms with E-state index in [2.05, 4.69) is 41.5 Å². The highest BCUT2D eigenvalue weighted by Gasteiger charge is 2.70. The minimum absolute atomic E-state index is 0.00582. The fourth-order valence-electron chi connectivity index (χ4n) is 10.4. The van der Waals surface area contributed by atoms with Gasteiger partial charge in [0.25, 0.3) is 0 Å². The van der Waals surface area contributed by atoms with Crippen molar-refractivity contribution < 1.29 is 19.7 Å². The molecule has 0 aromatic carbocycles. The summed E-state index contributed by atoms with van der Waals surface area (Å²) in [6.07, 6.45) is 7.95. The average molecular weight is 473 g/mol. The monoisotopic (exact) mass is 472 g/mol. The number of ketones is 1. The van der Waals surface area contributed by atoms with E-state index in [0.29, 0.717) is 30.0 Å². The molecule has 192 valence electrons. The first-order valence-corrected chi connectivity index (χ1v) is 13.9. The van der Waals surface area contributed by atoms with Gasteiger partial charge < -0.3 is 14.9 Å². The van der Waals surface area contributed by atoms with Gasteiger partial charge in [-0.3, -0.25) is 4.79 Å². The first kappa shape index (κ1) is 25.0. The molecule has 4 aliphatic carbocycles. The molecule has 5 rings (SSSR count). The fraction of sp³-hybridized carbons (Fsp3) is 0.900. The summed E-state index contributed by atoms with van der Waals surface area (Å²) in [6, 6.07) is 0. The van der Waals surface area contributed by atoms with Crippen molar-refractivity contribution in [3.05, 3.63) is 11.6 Å². The Balaban J connectivity index is 1.46. The number of carbonyl (C=O) groups excluding carboxylic acids is 1. The summed E-state index contributed by atoms with van der Waals surface area (Å²) in [6.45, 7) is 18.0. The zero-order chi connectivity index (χ0) is 25.1. The van der Waals surface area contributed by atoms with E-state index in [1.54, 1.807) is 0 Å². The summed E-state index contributed by atoms with van der Waals surface area (Å²) >= 11 is 0. The predicted molar refractivity (Wildman–Crippen MR) is 134 cm³/mol. The number of aliphatic hydroxyl groups is 2. The zero-order valence-electron chi connectivity index (χ0n) is 22.8. The van der Waals surface area contributed by atoms with Crippen molar-refractivity contribution in [2.75, 3.05) is 0 Å². The molecule has 4 heteroatoms. The van der Waals surface area contributed by atoms with Gasteiger partial charge in [-0.25, -0.2) is 0 Å². The molecule has 4 saturated carbocycles. The normalized spacial score (nSPS) is 52.4. The van der Waals surface area contributed by atoms with E-state index >= 15 is 0 Å². The smallest absolute Gasteiger partial charge is 0.138 e. The number of aliphatic hydroxyl groups excluding tert-OH is 2. The van der Waals surface area contributed by atoms with Crippen molar-refractivity contribution in [3.63, 3.8) is 0 Å². The second kappa shape index (κ2) is 7.42. The lowest BCUT2D eigenvalue weighted by Crippen LogP contribution is -2.66. The van der Waals surface area contributed by atoms with E-state index in [4.69, 9.17) is 4.74 Å². The van der Waals surface area contributed by atoms with Crippen LogP contribution in [0.15, 0.2) is 11.6 Å². The van der Waals surface area contributed by atoms with Gasteiger partial charge >= 0.3 is 0 Å². The Morgan fingerprint density at radius 2 is 1.65 bits per heavy atom. The lowest BCUT2D eigenvalue weighted by Gasteiger charge is -2.70. The molecule has 4 nitrogen and oxygen atoms in total. The molecule has 2 N–H and O–H groups in total. The maximum atomic E-state index is 12.9. The van der Waals surface area contributed by atoms with Crippen molar-refractivity contribution in [3.8, 4) is 0 Å². The first-order valence-electron chi connectivity index (χ1n) is 13.9. The number of carbonyl (C=O) groups is 1. The first-order chi connectivity index (χ1) is 15.6. The summed E-state index contributed by atoms with van der Waals surface area (Å²) in [7, 11) is 0. The third-order valence-corrected chi connectivity index (χ3v) is 12.5. The predicted octanol–water partition coefficient (Wildman–Crippen LogP) is 5.70. The number of hydrogen-bond donors (Lipinski definition) is 2. The van der Waals surface area contributed by atoms with E-state index in [1.807, 2.05) is 19.9 Å². The van der Waals surface area contributed by atoms with Gasteiger partial charge in [-0.15, -0.1) is 0 Å². The Hall–Kier alpha value is -0.710. The molecule has 1 heterocycles. The lowest BCUT2D eigenvalue weighted by molar-refractivity contribution is -0.236. The highest BCUT2D eigenvalue weighted by Crippen LogP contribution is 2.75. The van der Waals surface area contributed by atoms with Crippen molar-refractivity contribution in [1.29, 1.82) is 0 Å². The number of Topliss-reactive ketones (excluding diaryl/α,β-unsaturated/α-hetero) is 1. The molecule has 0 amide bonds. The molecule has 0 aromatic heterocycles. The summed E-state index contributed by atoms with van der Waals surface area (Å²) in [5, 5.41) is 22.6. The van der Waals surface area contributed by atoms with Crippen LogP contribution >= 0.6 is 0 Å². The van der Waals surface area contributed by atoms with Crippen LogP contribution in [0.1, 0.15) is 100 Å². The van der Waals surface area contributed by atoms with Crippen molar-refractivity contribution >= 4 is 5.78 Å². The van der Waals surface area contributed by atoms with E-state index in [-0.39, 0.29) is 45.4 Å². The molecule has 10 atom stereocenters. The van der Waals surface area contributed by atoms with Gasteiger partial charge in [0, 0.05) is 11.8 Å². The lowest BCUT2D eigenvalue weighted by atomic mass is 9.35. The number of fused-ring (bicyclic) bond motifs is 5. The van der Waals surface area contributed by atoms with Crippen molar-refractivity contribution in [2.45, 2.75) is 124 Å². The van der Waals surface area contributed by atoms with Gasteiger partial charge in [-0.1, -0.05) is 46.3 Å². The van der Waals surface area contributed by atoms with Crippen LogP contribution in [0.25, 0.3) is 0 Å². The van der Waals surface area contributed by atoms with Crippen LogP contribution in [0.2, 0.25) is 0 Å². The van der Waals surface area contributed by atoms with Crippen molar-refractivity contribution in [2.24, 2.45) is 45.3 Å². The van der Waals surface area contributed by atoms with Crippen LogP contribution < -0.4 is 0 Å². The van der Waals surface area contributed by atoms with Crippen LogP contribution in [-0.2, 0) is 9.53 Å². The van der Waals surface area contributed by atoms with Gasteiger partial charge in [0.15, 0.2) is 0 Å². The maximum absolute atomic E-state index is 12.9. The molecule has 34 heavy (non-hydrogen) atoms. The Labute approximate surface area is 206 Å². The molecule has 0 radical (unpaired) electrons. The minimum Gasteiger partial charge on any atom is -0.393 e. The van der Waals surface area contributed by atoms with Crippen LogP contribution in [0.3, 0.4) is 0 Å². The molecule has 5 unspecified atom stereocenters. The fourth-order valence-corrected chi connectivity index (χ4v) is 10.4. The minimum atomic E-state index is -0.560. The van der Waals surface area contributed by atoms with Gasteiger partial charge in [-0.2, -0.15) is 0 Å². The molecule has 1 saturated heterocycles. The zero-order valence-corrected chi connectivity index (χ0v) is 22.8. The Bertz CT molecular complexity index is 903. The van der Waals surface area contributed by atoms with Gasteiger partial charge in [0.05, 0.1) is 11.7 Å². The van der Waals surface area contributed by atoms with Gasteiger partial charge in [0.2, 0.25) is 0 Å².